The van der Waals surface area contributed by atoms with Gasteiger partial charge in [-0.15, -0.1) is 0 Å². The molecule has 3 aliphatic rings. The molecule has 2 aromatic carbocycles. The SMILES string of the molecule is O=C1c2c(O)c(=O)ccn2N(C(c2ccccc2)c2ccccc2)C2(CCCC2)N1CC1CCCCC1. The normalized spacial score (nSPS) is 19.5. The van der Waals surface area contributed by atoms with Gasteiger partial charge >= 0.3 is 0 Å². The number of aromatic hydroxyl groups is 1. The summed E-state index contributed by atoms with van der Waals surface area (Å²) in [6, 6.07) is 21.9. The van der Waals surface area contributed by atoms with Gasteiger partial charge in [0.25, 0.3) is 5.91 Å². The highest BCUT2D eigenvalue weighted by Gasteiger charge is 2.55. The van der Waals surface area contributed by atoms with Crippen LogP contribution in [0.5, 0.6) is 5.75 Å². The fraction of sp³-hybridized carbons (Fsp3) is 0.419. The Bertz CT molecular complexity index is 1270. The van der Waals surface area contributed by atoms with E-state index in [1.54, 1.807) is 10.9 Å². The summed E-state index contributed by atoms with van der Waals surface area (Å²) in [6.45, 7) is 0.661. The van der Waals surface area contributed by atoms with Gasteiger partial charge in [0.2, 0.25) is 5.43 Å². The van der Waals surface area contributed by atoms with Crippen LogP contribution >= 0.6 is 0 Å². The summed E-state index contributed by atoms with van der Waals surface area (Å²) in [5.41, 5.74) is 1.24. The number of rotatable bonds is 5. The molecule has 3 aromatic rings. The van der Waals surface area contributed by atoms with E-state index >= 15 is 0 Å². The van der Waals surface area contributed by atoms with Crippen molar-refractivity contribution in [3.8, 4) is 5.75 Å². The molecular formula is C31H35N3O3. The summed E-state index contributed by atoms with van der Waals surface area (Å²) in [5, 5.41) is 13.3. The second kappa shape index (κ2) is 9.73. The second-order valence-electron chi connectivity index (χ2n) is 10.9. The molecule has 0 radical (unpaired) electrons. The minimum Gasteiger partial charge on any atom is -0.502 e. The fourth-order valence-electron chi connectivity index (χ4n) is 6.97. The zero-order chi connectivity index (χ0) is 25.4. The lowest BCUT2D eigenvalue weighted by Gasteiger charge is -2.57. The van der Waals surface area contributed by atoms with Gasteiger partial charge in [-0.05, 0) is 55.6 Å². The topological polar surface area (TPSA) is 65.8 Å². The van der Waals surface area contributed by atoms with Crippen molar-refractivity contribution in [3.63, 3.8) is 0 Å². The van der Waals surface area contributed by atoms with E-state index in [1.165, 1.54) is 25.3 Å². The van der Waals surface area contributed by atoms with Gasteiger partial charge in [0, 0.05) is 18.8 Å². The maximum Gasteiger partial charge on any atom is 0.278 e. The van der Waals surface area contributed by atoms with Crippen LogP contribution in [-0.2, 0) is 0 Å². The predicted molar refractivity (Wildman–Crippen MR) is 144 cm³/mol. The van der Waals surface area contributed by atoms with Crippen molar-refractivity contribution in [2.75, 3.05) is 11.6 Å². The molecule has 1 amide bonds. The number of carbonyl (C=O) groups is 1. The van der Waals surface area contributed by atoms with Crippen molar-refractivity contribution in [1.29, 1.82) is 0 Å². The number of hydrogen-bond donors (Lipinski definition) is 1. The molecule has 0 saturated heterocycles. The minimum absolute atomic E-state index is 0.0812. The van der Waals surface area contributed by atoms with E-state index < -0.39 is 16.8 Å². The number of fused-ring (bicyclic) bond motifs is 1. The van der Waals surface area contributed by atoms with E-state index in [4.69, 9.17) is 0 Å². The molecule has 0 bridgehead atoms. The molecule has 2 heterocycles. The lowest BCUT2D eigenvalue weighted by atomic mass is 9.86. The Hall–Kier alpha value is -3.54. The quantitative estimate of drug-likeness (QED) is 0.499. The number of carbonyl (C=O) groups excluding carboxylic acids is 1. The first kappa shape index (κ1) is 23.8. The molecule has 1 spiro atoms. The van der Waals surface area contributed by atoms with Gasteiger partial charge in [0.05, 0.1) is 6.04 Å². The number of nitrogens with zero attached hydrogens (tertiary/aromatic N) is 3. The number of amides is 1. The monoisotopic (exact) mass is 497 g/mol. The fourth-order valence-corrected chi connectivity index (χ4v) is 6.97. The predicted octanol–water partition coefficient (Wildman–Crippen LogP) is 5.59. The lowest BCUT2D eigenvalue weighted by Crippen LogP contribution is -2.70. The summed E-state index contributed by atoms with van der Waals surface area (Å²) < 4.78 is 1.80. The maximum atomic E-state index is 14.2. The summed E-state index contributed by atoms with van der Waals surface area (Å²) in [5.74, 6) is -0.245. The van der Waals surface area contributed by atoms with Crippen LogP contribution in [-0.4, -0.2) is 32.8 Å². The summed E-state index contributed by atoms with van der Waals surface area (Å²) >= 11 is 0. The van der Waals surface area contributed by atoms with Crippen LogP contribution in [0.3, 0.4) is 0 Å². The molecule has 1 N–H and O–H groups in total. The van der Waals surface area contributed by atoms with E-state index in [9.17, 15) is 14.7 Å². The third-order valence-electron chi connectivity index (χ3n) is 8.71. The number of hydrogen-bond acceptors (Lipinski definition) is 4. The van der Waals surface area contributed by atoms with Gasteiger partial charge in [-0.2, -0.15) is 0 Å². The molecule has 37 heavy (non-hydrogen) atoms. The van der Waals surface area contributed by atoms with Crippen molar-refractivity contribution < 1.29 is 9.90 Å². The van der Waals surface area contributed by atoms with Gasteiger partial charge in [-0.25, -0.2) is 0 Å². The molecule has 6 rings (SSSR count). The molecule has 6 nitrogen and oxygen atoms in total. The molecule has 2 aliphatic carbocycles. The zero-order valence-electron chi connectivity index (χ0n) is 21.3. The Morgan fingerprint density at radius 1 is 0.811 bits per heavy atom. The van der Waals surface area contributed by atoms with Crippen LogP contribution in [0.2, 0.25) is 0 Å². The average Bonchev–Trinajstić information content (AvgIpc) is 3.42. The van der Waals surface area contributed by atoms with Crippen molar-refractivity contribution in [2.24, 2.45) is 5.92 Å². The molecule has 1 aromatic heterocycles. The Kier molecular flexibility index (Phi) is 6.27. The van der Waals surface area contributed by atoms with Gasteiger partial charge in [0.1, 0.15) is 5.66 Å². The number of pyridine rings is 1. The molecular weight excluding hydrogens is 462 g/mol. The second-order valence-corrected chi connectivity index (χ2v) is 10.9. The van der Waals surface area contributed by atoms with Gasteiger partial charge in [0.15, 0.2) is 11.4 Å². The van der Waals surface area contributed by atoms with Crippen LogP contribution in [0.15, 0.2) is 77.7 Å². The van der Waals surface area contributed by atoms with Crippen LogP contribution in [0.4, 0.5) is 0 Å². The van der Waals surface area contributed by atoms with E-state index in [1.807, 2.05) is 41.3 Å². The Morgan fingerprint density at radius 3 is 2.00 bits per heavy atom. The first-order valence-electron chi connectivity index (χ1n) is 13.8. The van der Waals surface area contributed by atoms with Crippen molar-refractivity contribution in [1.82, 2.24) is 9.58 Å². The largest absolute Gasteiger partial charge is 0.502 e. The Morgan fingerprint density at radius 2 is 1.41 bits per heavy atom. The van der Waals surface area contributed by atoms with Crippen molar-refractivity contribution in [3.05, 3.63) is 100.0 Å². The maximum absolute atomic E-state index is 14.2. The van der Waals surface area contributed by atoms with E-state index in [0.717, 1.165) is 49.7 Å². The van der Waals surface area contributed by atoms with Crippen LogP contribution in [0.25, 0.3) is 0 Å². The van der Waals surface area contributed by atoms with Gasteiger partial charge < -0.3 is 10.0 Å². The molecule has 6 heteroatoms. The first-order chi connectivity index (χ1) is 18.1. The molecule has 192 valence electrons. The van der Waals surface area contributed by atoms with Crippen LogP contribution in [0.1, 0.15) is 85.4 Å². The third-order valence-corrected chi connectivity index (χ3v) is 8.71. The number of aromatic nitrogens is 1. The lowest BCUT2D eigenvalue weighted by molar-refractivity contribution is 0.0144. The van der Waals surface area contributed by atoms with E-state index in [-0.39, 0.29) is 17.6 Å². The summed E-state index contributed by atoms with van der Waals surface area (Å²) in [7, 11) is 0. The van der Waals surface area contributed by atoms with Crippen LogP contribution in [0, 0.1) is 5.92 Å². The molecule has 2 fully saturated rings. The molecule has 1 aliphatic heterocycles. The van der Waals surface area contributed by atoms with Crippen LogP contribution < -0.4 is 10.4 Å². The van der Waals surface area contributed by atoms with Crippen molar-refractivity contribution in [2.45, 2.75) is 69.5 Å². The highest BCUT2D eigenvalue weighted by Crippen LogP contribution is 2.48. The van der Waals surface area contributed by atoms with E-state index in [0.29, 0.717) is 12.5 Å². The Labute approximate surface area is 218 Å². The summed E-state index contributed by atoms with van der Waals surface area (Å²) in [6.07, 6.45) is 11.3. The van der Waals surface area contributed by atoms with Gasteiger partial charge in [-0.3, -0.25) is 19.3 Å². The third kappa shape index (κ3) is 4.03. The van der Waals surface area contributed by atoms with Gasteiger partial charge in [-0.1, -0.05) is 79.9 Å². The smallest absolute Gasteiger partial charge is 0.278 e. The standard InChI is InChI=1S/C31H35N3O3/c35-26-18-21-33-28(29(26)36)30(37)32(22-23-12-4-1-5-13-23)31(19-10-11-20-31)34(33)27(24-14-6-2-7-15-24)25-16-8-3-9-17-25/h2-3,6-9,14-18,21,23,27,36H,1,4-5,10-13,19-20,22H2. The van der Waals surface area contributed by atoms with E-state index in [2.05, 4.69) is 29.3 Å². The highest BCUT2D eigenvalue weighted by molar-refractivity contribution is 5.97. The minimum atomic E-state index is -0.542. The molecule has 2 saturated carbocycles. The first-order valence-corrected chi connectivity index (χ1v) is 13.8. The number of benzene rings is 2. The summed E-state index contributed by atoms with van der Waals surface area (Å²) in [4.78, 5) is 28.9. The molecule has 0 atom stereocenters. The zero-order valence-corrected chi connectivity index (χ0v) is 21.3. The average molecular weight is 498 g/mol. The highest BCUT2D eigenvalue weighted by atomic mass is 16.3. The molecule has 0 unspecified atom stereocenters. The van der Waals surface area contributed by atoms with Crippen molar-refractivity contribution >= 4 is 5.91 Å². The Balaban J connectivity index is 1.60.